The van der Waals surface area contributed by atoms with Gasteiger partial charge in [-0.15, -0.1) is 0 Å². The molecule has 1 aromatic carbocycles. The van der Waals surface area contributed by atoms with Crippen molar-refractivity contribution in [2.45, 2.75) is 31.9 Å². The van der Waals surface area contributed by atoms with E-state index >= 15 is 0 Å². The molecule has 1 aromatic rings. The number of aliphatic hydroxyl groups excluding tert-OH is 1. The Bertz CT molecular complexity index is 420. The van der Waals surface area contributed by atoms with Gasteiger partial charge in [0.15, 0.2) is 0 Å². The molecule has 0 heterocycles. The molecule has 0 aromatic heterocycles. The monoisotopic (exact) mass is 248 g/mol. The fourth-order valence-electron chi connectivity index (χ4n) is 2.45. The standard InChI is InChI=1S/C14H20N2O2/c1-10-2-3-11-5-13(6-12(11)4-10)16-8-14(18)7-15-9-17/h2-4,9,13-14,16,18H,5-8H2,1H3,(H,15,17). The Morgan fingerprint density at radius 1 is 1.39 bits per heavy atom. The summed E-state index contributed by atoms with van der Waals surface area (Å²) in [6.45, 7) is 2.92. The summed E-state index contributed by atoms with van der Waals surface area (Å²) in [4.78, 5) is 10.1. The fourth-order valence-corrected chi connectivity index (χ4v) is 2.45. The van der Waals surface area contributed by atoms with Crippen LogP contribution in [-0.2, 0) is 17.6 Å². The van der Waals surface area contributed by atoms with Crippen LogP contribution in [0.25, 0.3) is 0 Å². The number of benzene rings is 1. The van der Waals surface area contributed by atoms with Crippen molar-refractivity contribution >= 4 is 6.41 Å². The van der Waals surface area contributed by atoms with Gasteiger partial charge >= 0.3 is 0 Å². The predicted octanol–water partition coefficient (Wildman–Crippen LogP) is 0.159. The summed E-state index contributed by atoms with van der Waals surface area (Å²) < 4.78 is 0. The number of amides is 1. The number of aryl methyl sites for hydroxylation is 1. The highest BCUT2D eigenvalue weighted by atomic mass is 16.3. The number of carbonyl (C=O) groups is 1. The highest BCUT2D eigenvalue weighted by molar-refractivity contribution is 5.45. The number of rotatable bonds is 6. The van der Waals surface area contributed by atoms with Gasteiger partial charge in [-0.2, -0.15) is 0 Å². The molecule has 0 saturated carbocycles. The molecular weight excluding hydrogens is 228 g/mol. The second-order valence-corrected chi connectivity index (χ2v) is 4.97. The molecule has 18 heavy (non-hydrogen) atoms. The van der Waals surface area contributed by atoms with E-state index in [4.69, 9.17) is 0 Å². The minimum Gasteiger partial charge on any atom is -0.390 e. The number of aliphatic hydroxyl groups is 1. The highest BCUT2D eigenvalue weighted by Crippen LogP contribution is 2.23. The average molecular weight is 248 g/mol. The maximum Gasteiger partial charge on any atom is 0.207 e. The first-order chi connectivity index (χ1) is 8.69. The molecule has 2 rings (SSSR count). The maximum atomic E-state index is 10.1. The van der Waals surface area contributed by atoms with Crippen LogP contribution in [0.1, 0.15) is 16.7 Å². The van der Waals surface area contributed by atoms with Crippen LogP contribution in [0.3, 0.4) is 0 Å². The SMILES string of the molecule is Cc1ccc2c(c1)CC(NCC(O)CNC=O)C2. The van der Waals surface area contributed by atoms with Crippen molar-refractivity contribution in [1.29, 1.82) is 0 Å². The lowest BCUT2D eigenvalue weighted by molar-refractivity contribution is -0.109. The van der Waals surface area contributed by atoms with Gasteiger partial charge in [-0.05, 0) is 30.9 Å². The third kappa shape index (κ3) is 3.31. The van der Waals surface area contributed by atoms with Crippen LogP contribution in [0, 0.1) is 6.92 Å². The summed E-state index contributed by atoms with van der Waals surface area (Å²) in [7, 11) is 0. The van der Waals surface area contributed by atoms with Crippen molar-refractivity contribution in [3.63, 3.8) is 0 Å². The van der Waals surface area contributed by atoms with Crippen molar-refractivity contribution < 1.29 is 9.90 Å². The Morgan fingerprint density at radius 3 is 2.94 bits per heavy atom. The van der Waals surface area contributed by atoms with Gasteiger partial charge in [0, 0.05) is 19.1 Å². The number of carbonyl (C=O) groups excluding carboxylic acids is 1. The number of nitrogens with one attached hydrogen (secondary N) is 2. The largest absolute Gasteiger partial charge is 0.390 e. The molecule has 1 aliphatic carbocycles. The van der Waals surface area contributed by atoms with Gasteiger partial charge < -0.3 is 15.7 Å². The Balaban J connectivity index is 1.79. The fraction of sp³-hybridized carbons (Fsp3) is 0.500. The van der Waals surface area contributed by atoms with Crippen LogP contribution >= 0.6 is 0 Å². The highest BCUT2D eigenvalue weighted by Gasteiger charge is 2.21. The molecular formula is C14H20N2O2. The summed E-state index contributed by atoms with van der Waals surface area (Å²) in [5, 5.41) is 15.4. The first-order valence-electron chi connectivity index (χ1n) is 6.36. The Labute approximate surface area is 107 Å². The summed E-state index contributed by atoms with van der Waals surface area (Å²) in [5.74, 6) is 0. The van der Waals surface area contributed by atoms with E-state index in [1.165, 1.54) is 16.7 Å². The van der Waals surface area contributed by atoms with Gasteiger partial charge in [-0.1, -0.05) is 23.8 Å². The molecule has 0 bridgehead atoms. The molecule has 2 atom stereocenters. The Morgan fingerprint density at radius 2 is 2.17 bits per heavy atom. The van der Waals surface area contributed by atoms with E-state index in [0.29, 0.717) is 25.5 Å². The zero-order chi connectivity index (χ0) is 13.0. The van der Waals surface area contributed by atoms with Gasteiger partial charge in [-0.3, -0.25) is 4.79 Å². The van der Waals surface area contributed by atoms with Crippen molar-refractivity contribution in [2.75, 3.05) is 13.1 Å². The van der Waals surface area contributed by atoms with Crippen molar-refractivity contribution in [3.05, 3.63) is 34.9 Å². The lowest BCUT2D eigenvalue weighted by Gasteiger charge is -2.15. The molecule has 0 radical (unpaired) electrons. The molecule has 1 amide bonds. The summed E-state index contributed by atoms with van der Waals surface area (Å²) in [6, 6.07) is 6.97. The van der Waals surface area contributed by atoms with E-state index in [-0.39, 0.29) is 0 Å². The van der Waals surface area contributed by atoms with Gasteiger partial charge in [0.1, 0.15) is 0 Å². The first-order valence-corrected chi connectivity index (χ1v) is 6.36. The zero-order valence-electron chi connectivity index (χ0n) is 10.6. The topological polar surface area (TPSA) is 61.4 Å². The number of fused-ring (bicyclic) bond motifs is 1. The van der Waals surface area contributed by atoms with E-state index in [1.54, 1.807) is 0 Å². The van der Waals surface area contributed by atoms with Crippen LogP contribution in [0.4, 0.5) is 0 Å². The summed E-state index contributed by atoms with van der Waals surface area (Å²) in [6.07, 6.45) is 2.12. The Hall–Kier alpha value is -1.39. The third-order valence-corrected chi connectivity index (χ3v) is 3.37. The van der Waals surface area contributed by atoms with E-state index in [2.05, 4.69) is 35.8 Å². The quantitative estimate of drug-likeness (QED) is 0.628. The molecule has 0 fully saturated rings. The zero-order valence-corrected chi connectivity index (χ0v) is 10.6. The third-order valence-electron chi connectivity index (χ3n) is 3.37. The van der Waals surface area contributed by atoms with Crippen molar-refractivity contribution in [1.82, 2.24) is 10.6 Å². The van der Waals surface area contributed by atoms with Crippen LogP contribution in [-0.4, -0.2) is 36.8 Å². The number of hydrogen-bond donors (Lipinski definition) is 3. The van der Waals surface area contributed by atoms with E-state index in [1.807, 2.05) is 0 Å². The van der Waals surface area contributed by atoms with Crippen LogP contribution in [0.15, 0.2) is 18.2 Å². The second-order valence-electron chi connectivity index (χ2n) is 4.97. The molecule has 2 unspecified atom stereocenters. The lowest BCUT2D eigenvalue weighted by Crippen LogP contribution is -2.40. The smallest absolute Gasteiger partial charge is 0.207 e. The van der Waals surface area contributed by atoms with Crippen molar-refractivity contribution in [3.8, 4) is 0 Å². The molecule has 1 aliphatic rings. The molecule has 0 spiro atoms. The lowest BCUT2D eigenvalue weighted by atomic mass is 10.1. The van der Waals surface area contributed by atoms with Gasteiger partial charge in [0.2, 0.25) is 6.41 Å². The van der Waals surface area contributed by atoms with E-state index in [9.17, 15) is 9.90 Å². The Kier molecular flexibility index (Phi) is 4.33. The second kappa shape index (κ2) is 5.98. The molecule has 4 heteroatoms. The van der Waals surface area contributed by atoms with E-state index in [0.717, 1.165) is 12.8 Å². The average Bonchev–Trinajstić information content (AvgIpc) is 2.75. The molecule has 0 aliphatic heterocycles. The van der Waals surface area contributed by atoms with Gasteiger partial charge in [-0.25, -0.2) is 0 Å². The maximum absolute atomic E-state index is 10.1. The van der Waals surface area contributed by atoms with Crippen LogP contribution < -0.4 is 10.6 Å². The number of hydrogen-bond acceptors (Lipinski definition) is 3. The molecule has 0 saturated heterocycles. The summed E-state index contributed by atoms with van der Waals surface area (Å²) >= 11 is 0. The van der Waals surface area contributed by atoms with E-state index < -0.39 is 6.10 Å². The van der Waals surface area contributed by atoms with Crippen LogP contribution in [0.5, 0.6) is 0 Å². The molecule has 3 N–H and O–H groups in total. The van der Waals surface area contributed by atoms with Crippen molar-refractivity contribution in [2.24, 2.45) is 0 Å². The van der Waals surface area contributed by atoms with Gasteiger partial charge in [0.05, 0.1) is 6.10 Å². The predicted molar refractivity (Wildman–Crippen MR) is 70.5 cm³/mol. The van der Waals surface area contributed by atoms with Gasteiger partial charge in [0.25, 0.3) is 0 Å². The van der Waals surface area contributed by atoms with Crippen LogP contribution in [0.2, 0.25) is 0 Å². The molecule has 4 nitrogen and oxygen atoms in total. The minimum atomic E-state index is -0.527. The molecule has 98 valence electrons. The normalized spacial score (nSPS) is 19.3. The minimum absolute atomic E-state index is 0.301. The first kappa shape index (κ1) is 13.1. The summed E-state index contributed by atoms with van der Waals surface area (Å²) in [5.41, 5.74) is 4.11.